The van der Waals surface area contributed by atoms with Crippen molar-refractivity contribution in [3.05, 3.63) is 0 Å². The van der Waals surface area contributed by atoms with E-state index < -0.39 is 0 Å². The minimum absolute atomic E-state index is 0. The third-order valence-corrected chi connectivity index (χ3v) is 0.856. The van der Waals surface area contributed by atoms with Crippen LogP contribution in [0.5, 0.6) is 0 Å². The zero-order valence-electron chi connectivity index (χ0n) is 6.28. The van der Waals surface area contributed by atoms with Crippen LogP contribution in [0.25, 0.3) is 0 Å². The van der Waals surface area contributed by atoms with Crippen LogP contribution in [0.4, 0.5) is 0 Å². The fourth-order valence-electron chi connectivity index (χ4n) is 0.0500. The Balaban J connectivity index is 0. The van der Waals surface area contributed by atoms with Gasteiger partial charge in [-0.1, -0.05) is 13.8 Å². The molecule has 10 heavy (non-hydrogen) atoms. The van der Waals surface area contributed by atoms with Crippen LogP contribution in [0.15, 0.2) is 0 Å². The van der Waals surface area contributed by atoms with Gasteiger partial charge < -0.3 is 20.3 Å². The molecule has 0 unspecified atom stereocenters. The molecule has 4 nitrogen and oxygen atoms in total. The largest absolute Gasteiger partial charge is 0.482 e. The summed E-state index contributed by atoms with van der Waals surface area (Å²) >= 11 is 0. The summed E-state index contributed by atoms with van der Waals surface area (Å²) < 4.78 is 0. The molecule has 0 amide bonds. The summed E-state index contributed by atoms with van der Waals surface area (Å²) in [5.41, 5.74) is -0.306. The molecule has 1 radical (unpaired) electrons. The van der Waals surface area contributed by atoms with Crippen molar-refractivity contribution in [2.75, 3.05) is 13.2 Å². The van der Waals surface area contributed by atoms with Gasteiger partial charge in [0.25, 0.3) is 0 Å². The lowest BCUT2D eigenvalue weighted by atomic mass is 9.97. The normalized spacial score (nSPS) is 9.80. The first-order valence-corrected chi connectivity index (χ1v) is 2.86. The summed E-state index contributed by atoms with van der Waals surface area (Å²) in [5.74, 6) is 0. The Morgan fingerprint density at radius 1 is 1.10 bits per heavy atom. The van der Waals surface area contributed by atoms with E-state index in [2.05, 4.69) is 0 Å². The number of aliphatic hydroxyl groups is 2. The van der Waals surface area contributed by atoms with Crippen LogP contribution < -0.4 is 0 Å². The molecule has 0 rings (SSSR count). The highest BCUT2D eigenvalue weighted by molar-refractivity contribution is 6.13. The molecule has 0 spiro atoms. The lowest BCUT2D eigenvalue weighted by Crippen LogP contribution is -2.20. The van der Waals surface area contributed by atoms with E-state index in [1.807, 2.05) is 0 Å². The molecule has 0 aliphatic rings. The van der Waals surface area contributed by atoms with Crippen molar-refractivity contribution in [1.29, 1.82) is 0 Å². The molecule has 0 aromatic rings. The second kappa shape index (κ2) is 7.02. The maximum absolute atomic E-state index is 8.43. The Hall–Kier alpha value is -0.0951. The molecular formula is C5H14BO4. The molecule has 0 aliphatic heterocycles. The molecule has 0 aliphatic carbocycles. The van der Waals surface area contributed by atoms with Gasteiger partial charge in [0, 0.05) is 5.41 Å². The van der Waals surface area contributed by atoms with Gasteiger partial charge in [0.1, 0.15) is 0 Å². The molecule has 0 atom stereocenters. The van der Waals surface area contributed by atoms with Crippen molar-refractivity contribution in [3.8, 4) is 0 Å². The Morgan fingerprint density at radius 2 is 1.30 bits per heavy atom. The van der Waals surface area contributed by atoms with Gasteiger partial charge in [-0.25, -0.2) is 0 Å². The third kappa shape index (κ3) is 10.8. The van der Waals surface area contributed by atoms with E-state index >= 15 is 0 Å². The quantitative estimate of drug-likeness (QED) is 0.360. The molecule has 0 bridgehead atoms. The summed E-state index contributed by atoms with van der Waals surface area (Å²) in [6.45, 7) is 3.69. The lowest BCUT2D eigenvalue weighted by Gasteiger charge is -2.16. The SMILES string of the molecule is CC(C)(CO)CO.O[B]O. The van der Waals surface area contributed by atoms with Gasteiger partial charge in [-0.2, -0.15) is 0 Å². The van der Waals surface area contributed by atoms with Crippen LogP contribution in [0.1, 0.15) is 13.8 Å². The predicted molar refractivity (Wildman–Crippen MR) is 38.1 cm³/mol. The molecule has 0 heterocycles. The van der Waals surface area contributed by atoms with Crippen molar-refractivity contribution < 1.29 is 20.3 Å². The van der Waals surface area contributed by atoms with Crippen molar-refractivity contribution in [3.63, 3.8) is 0 Å². The van der Waals surface area contributed by atoms with Gasteiger partial charge in [-0.05, 0) is 0 Å². The average molecular weight is 149 g/mol. The van der Waals surface area contributed by atoms with Gasteiger partial charge in [0.05, 0.1) is 13.2 Å². The monoisotopic (exact) mass is 149 g/mol. The van der Waals surface area contributed by atoms with E-state index in [0.717, 1.165) is 0 Å². The Bertz CT molecular complexity index is 60.7. The Morgan fingerprint density at radius 3 is 1.30 bits per heavy atom. The van der Waals surface area contributed by atoms with Crippen LogP contribution in [0.2, 0.25) is 0 Å². The van der Waals surface area contributed by atoms with Gasteiger partial charge in [-0.15, -0.1) is 0 Å². The zero-order chi connectivity index (χ0) is 8.62. The number of aliphatic hydroxyl groups excluding tert-OH is 2. The molecule has 61 valence electrons. The maximum atomic E-state index is 8.43. The van der Waals surface area contributed by atoms with Crippen molar-refractivity contribution in [2.45, 2.75) is 13.8 Å². The third-order valence-electron chi connectivity index (χ3n) is 0.856. The summed E-state index contributed by atoms with van der Waals surface area (Å²) in [6.07, 6.45) is 0. The minimum Gasteiger partial charge on any atom is -0.429 e. The molecule has 0 fully saturated rings. The van der Waals surface area contributed by atoms with Crippen LogP contribution in [-0.2, 0) is 0 Å². The van der Waals surface area contributed by atoms with Crippen LogP contribution >= 0.6 is 0 Å². The summed E-state index contributed by atoms with van der Waals surface area (Å²) in [6, 6.07) is 0. The Labute approximate surface area is 61.4 Å². The first kappa shape index (κ1) is 12.6. The van der Waals surface area contributed by atoms with Crippen LogP contribution in [0.3, 0.4) is 0 Å². The number of hydrogen-bond donors (Lipinski definition) is 4. The highest BCUT2D eigenvalue weighted by Crippen LogP contribution is 2.10. The van der Waals surface area contributed by atoms with Gasteiger partial charge >= 0.3 is 7.69 Å². The first-order valence-electron chi connectivity index (χ1n) is 2.86. The van der Waals surface area contributed by atoms with Crippen molar-refractivity contribution in [2.24, 2.45) is 5.41 Å². The minimum atomic E-state index is -0.306. The topological polar surface area (TPSA) is 80.9 Å². The maximum Gasteiger partial charge on any atom is 0.482 e. The summed E-state index contributed by atoms with van der Waals surface area (Å²) in [7, 11) is 0. The molecule has 0 aromatic carbocycles. The van der Waals surface area contributed by atoms with E-state index in [4.69, 9.17) is 20.3 Å². The second-order valence-corrected chi connectivity index (χ2v) is 2.60. The lowest BCUT2D eigenvalue weighted by molar-refractivity contribution is 0.0857. The van der Waals surface area contributed by atoms with Crippen LogP contribution in [-0.4, -0.2) is 41.2 Å². The fraction of sp³-hybridized carbons (Fsp3) is 1.00. The molecule has 0 saturated heterocycles. The van der Waals surface area contributed by atoms with E-state index in [-0.39, 0.29) is 26.3 Å². The van der Waals surface area contributed by atoms with Gasteiger partial charge in [0.2, 0.25) is 0 Å². The highest BCUT2D eigenvalue weighted by Gasteiger charge is 2.13. The second-order valence-electron chi connectivity index (χ2n) is 2.60. The number of hydrogen-bond acceptors (Lipinski definition) is 4. The van der Waals surface area contributed by atoms with Crippen molar-refractivity contribution in [1.82, 2.24) is 0 Å². The molecule has 0 saturated carbocycles. The molecule has 0 aromatic heterocycles. The van der Waals surface area contributed by atoms with Gasteiger partial charge in [0.15, 0.2) is 0 Å². The zero-order valence-corrected chi connectivity index (χ0v) is 6.28. The first-order chi connectivity index (χ1) is 4.54. The summed E-state index contributed by atoms with van der Waals surface area (Å²) in [4.78, 5) is 0. The summed E-state index contributed by atoms with van der Waals surface area (Å²) in [5, 5.41) is 30.9. The fourth-order valence-corrected chi connectivity index (χ4v) is 0.0500. The van der Waals surface area contributed by atoms with Crippen molar-refractivity contribution >= 4 is 7.69 Å². The van der Waals surface area contributed by atoms with Crippen LogP contribution in [0, 0.1) is 5.41 Å². The molecule has 5 heteroatoms. The van der Waals surface area contributed by atoms with E-state index in [0.29, 0.717) is 0 Å². The van der Waals surface area contributed by atoms with Gasteiger partial charge in [-0.3, -0.25) is 0 Å². The van der Waals surface area contributed by atoms with E-state index in [9.17, 15) is 0 Å². The van der Waals surface area contributed by atoms with E-state index in [1.54, 1.807) is 13.8 Å². The number of rotatable bonds is 2. The smallest absolute Gasteiger partial charge is 0.429 e. The standard InChI is InChI=1S/C5H12O2.BH2O2/c1-5(2,3-6)4-7;2-1-3/h6-7H,3-4H2,1-2H3;2-3H. The molecule has 4 N–H and O–H groups in total. The Kier molecular flexibility index (Phi) is 8.82. The van der Waals surface area contributed by atoms with E-state index in [1.165, 1.54) is 0 Å². The average Bonchev–Trinajstić information content (AvgIpc) is 1.90. The highest BCUT2D eigenvalue weighted by atomic mass is 16.4. The predicted octanol–water partition coefficient (Wildman–Crippen LogP) is -1.50. The molecular weight excluding hydrogens is 135 g/mol.